The number of likely N-dealkylation sites (tertiary alicyclic amines) is 1. The molecule has 0 radical (unpaired) electrons. The van der Waals surface area contributed by atoms with E-state index in [1.807, 2.05) is 0 Å². The summed E-state index contributed by atoms with van der Waals surface area (Å²) in [6.07, 6.45) is -1.19. The second-order valence-corrected chi connectivity index (χ2v) is 6.47. The third-order valence-corrected chi connectivity index (χ3v) is 4.29. The normalized spacial score (nSPS) is 17.6. The van der Waals surface area contributed by atoms with Crippen molar-refractivity contribution in [2.24, 2.45) is 5.92 Å². The van der Waals surface area contributed by atoms with Crippen molar-refractivity contribution in [2.75, 3.05) is 18.4 Å². The molecule has 5 nitrogen and oxygen atoms in total. The van der Waals surface area contributed by atoms with Gasteiger partial charge in [0.2, 0.25) is 11.8 Å². The molecule has 1 aromatic heterocycles. The summed E-state index contributed by atoms with van der Waals surface area (Å²) in [4.78, 5) is 24.9. The van der Waals surface area contributed by atoms with Gasteiger partial charge in [0.1, 0.15) is 6.54 Å². The van der Waals surface area contributed by atoms with Crippen LogP contribution < -0.4 is 5.32 Å². The van der Waals surface area contributed by atoms with E-state index in [-0.39, 0.29) is 13.0 Å². The van der Waals surface area contributed by atoms with Crippen LogP contribution in [-0.4, -0.2) is 40.5 Å². The average molecular weight is 386 g/mol. The summed E-state index contributed by atoms with van der Waals surface area (Å²) < 4.78 is 39.2. The van der Waals surface area contributed by atoms with Gasteiger partial charge < -0.3 is 14.8 Å². The fourth-order valence-electron chi connectivity index (χ4n) is 2.87. The van der Waals surface area contributed by atoms with Crippen molar-refractivity contribution < 1.29 is 22.8 Å². The summed E-state index contributed by atoms with van der Waals surface area (Å²) in [7, 11) is 0. The van der Waals surface area contributed by atoms with Crippen LogP contribution in [-0.2, 0) is 9.59 Å². The molecule has 1 unspecified atom stereocenters. The quantitative estimate of drug-likeness (QED) is 0.876. The molecule has 3 rings (SSSR count). The first-order valence-electron chi connectivity index (χ1n) is 7.81. The van der Waals surface area contributed by atoms with E-state index in [1.54, 1.807) is 47.3 Å². The van der Waals surface area contributed by atoms with Crippen LogP contribution in [0, 0.1) is 5.92 Å². The zero-order valence-corrected chi connectivity index (χ0v) is 14.2. The van der Waals surface area contributed by atoms with Crippen LogP contribution in [0.25, 0.3) is 5.69 Å². The third-order valence-electron chi connectivity index (χ3n) is 4.06. The van der Waals surface area contributed by atoms with Crippen molar-refractivity contribution in [2.45, 2.75) is 12.6 Å². The number of hydrogen-bond donors (Lipinski definition) is 1. The van der Waals surface area contributed by atoms with Crippen LogP contribution in [0.5, 0.6) is 0 Å². The van der Waals surface area contributed by atoms with E-state index >= 15 is 0 Å². The Bertz CT molecular complexity index is 821. The summed E-state index contributed by atoms with van der Waals surface area (Å²) in [6, 6.07) is 8.47. The highest BCUT2D eigenvalue weighted by atomic mass is 35.5. The van der Waals surface area contributed by atoms with Gasteiger partial charge in [-0.25, -0.2) is 0 Å². The smallest absolute Gasteiger partial charge is 0.333 e. The first kappa shape index (κ1) is 18.3. The number of amides is 2. The monoisotopic (exact) mass is 385 g/mol. The minimum Gasteiger partial charge on any atom is -0.333 e. The Morgan fingerprint density at radius 1 is 1.27 bits per heavy atom. The number of nitrogens with one attached hydrogen (secondary N) is 1. The molecule has 1 atom stereocenters. The maximum absolute atomic E-state index is 12.5. The zero-order valence-electron chi connectivity index (χ0n) is 13.5. The number of halogens is 4. The number of carbonyl (C=O) groups excluding carboxylic acids is 2. The average Bonchev–Trinajstić information content (AvgIpc) is 3.18. The van der Waals surface area contributed by atoms with Gasteiger partial charge in [-0.2, -0.15) is 13.2 Å². The molecule has 26 heavy (non-hydrogen) atoms. The highest BCUT2D eigenvalue weighted by Gasteiger charge is 2.40. The molecule has 0 spiro atoms. The van der Waals surface area contributed by atoms with E-state index in [4.69, 9.17) is 11.6 Å². The molecule has 1 aliphatic rings. The van der Waals surface area contributed by atoms with Crippen molar-refractivity contribution in [3.8, 4) is 5.69 Å². The lowest BCUT2D eigenvalue weighted by molar-refractivity contribution is -0.157. The van der Waals surface area contributed by atoms with E-state index in [9.17, 15) is 22.8 Å². The Balaban J connectivity index is 1.74. The first-order valence-corrected chi connectivity index (χ1v) is 8.19. The molecule has 1 saturated heterocycles. The van der Waals surface area contributed by atoms with Crippen molar-refractivity contribution in [3.05, 3.63) is 47.7 Å². The van der Waals surface area contributed by atoms with Gasteiger partial charge in [0.25, 0.3) is 0 Å². The predicted molar refractivity (Wildman–Crippen MR) is 90.2 cm³/mol. The molecule has 1 N–H and O–H groups in total. The van der Waals surface area contributed by atoms with Gasteiger partial charge in [-0.3, -0.25) is 9.59 Å². The highest BCUT2D eigenvalue weighted by Crippen LogP contribution is 2.28. The summed E-state index contributed by atoms with van der Waals surface area (Å²) >= 11 is 6.01. The molecule has 1 fully saturated rings. The lowest BCUT2D eigenvalue weighted by atomic mass is 10.1. The Morgan fingerprint density at radius 2 is 1.96 bits per heavy atom. The van der Waals surface area contributed by atoms with E-state index in [1.165, 1.54) is 0 Å². The van der Waals surface area contributed by atoms with Gasteiger partial charge in [-0.1, -0.05) is 11.6 Å². The van der Waals surface area contributed by atoms with Crippen molar-refractivity contribution >= 4 is 29.1 Å². The Labute approximate surface area is 152 Å². The largest absolute Gasteiger partial charge is 0.406 e. The molecular formula is C17H15ClF3N3O2. The fourth-order valence-corrected chi connectivity index (χ4v) is 3.04. The predicted octanol–water partition coefficient (Wildman–Crippen LogP) is 3.48. The van der Waals surface area contributed by atoms with Crippen LogP contribution in [0.2, 0.25) is 5.02 Å². The standard InChI is InChI=1S/C17H15ClF3N3O2/c18-12-3-4-13(14(8-12)23-5-1-2-6-23)22-16(26)11-7-15(25)24(9-11)10-17(19,20)21/h1-6,8,11H,7,9-10H2,(H,22,26). The van der Waals surface area contributed by atoms with Crippen LogP contribution in [0.15, 0.2) is 42.7 Å². The molecule has 9 heteroatoms. The molecule has 0 aliphatic carbocycles. The molecule has 2 heterocycles. The maximum atomic E-state index is 12.5. The molecule has 1 aromatic carbocycles. The molecule has 2 amide bonds. The minimum atomic E-state index is -4.49. The fraction of sp³-hybridized carbons (Fsp3) is 0.294. The van der Waals surface area contributed by atoms with E-state index in [0.717, 1.165) is 0 Å². The molecule has 138 valence electrons. The van der Waals surface area contributed by atoms with Gasteiger partial charge in [0.15, 0.2) is 0 Å². The number of anilines is 1. The Kier molecular flexibility index (Phi) is 4.95. The van der Waals surface area contributed by atoms with Gasteiger partial charge in [-0.05, 0) is 30.3 Å². The van der Waals surface area contributed by atoms with Crippen LogP contribution >= 0.6 is 11.6 Å². The van der Waals surface area contributed by atoms with Crippen LogP contribution in [0.3, 0.4) is 0 Å². The first-order chi connectivity index (χ1) is 12.2. The zero-order chi connectivity index (χ0) is 18.9. The van der Waals surface area contributed by atoms with Crippen molar-refractivity contribution in [1.82, 2.24) is 9.47 Å². The van der Waals surface area contributed by atoms with Gasteiger partial charge in [0.05, 0.1) is 17.3 Å². The van der Waals surface area contributed by atoms with E-state index in [0.29, 0.717) is 21.3 Å². The highest BCUT2D eigenvalue weighted by molar-refractivity contribution is 6.31. The molecule has 0 bridgehead atoms. The molecule has 1 aliphatic heterocycles. The van der Waals surface area contributed by atoms with Gasteiger partial charge >= 0.3 is 6.18 Å². The topological polar surface area (TPSA) is 54.3 Å². The number of hydrogen-bond acceptors (Lipinski definition) is 2. The lowest BCUT2D eigenvalue weighted by Gasteiger charge is -2.18. The SMILES string of the molecule is O=C(Nc1ccc(Cl)cc1-n1cccc1)C1CC(=O)N(CC(F)(F)F)C1. The van der Waals surface area contributed by atoms with Crippen LogP contribution in [0.1, 0.15) is 6.42 Å². The number of rotatable bonds is 4. The third kappa shape index (κ3) is 4.19. The minimum absolute atomic E-state index is 0.242. The number of nitrogens with zero attached hydrogens (tertiary/aromatic N) is 2. The lowest BCUT2D eigenvalue weighted by Crippen LogP contribution is -2.36. The number of carbonyl (C=O) groups is 2. The van der Waals surface area contributed by atoms with Crippen LogP contribution in [0.4, 0.5) is 18.9 Å². The number of benzene rings is 1. The maximum Gasteiger partial charge on any atom is 0.406 e. The van der Waals surface area contributed by atoms with Crippen molar-refractivity contribution in [1.29, 1.82) is 0 Å². The molecule has 2 aromatic rings. The van der Waals surface area contributed by atoms with Gasteiger partial charge in [0, 0.05) is 30.4 Å². The number of alkyl halides is 3. The summed E-state index contributed by atoms with van der Waals surface area (Å²) in [6.45, 7) is -1.60. The Hall–Kier alpha value is -2.48. The second-order valence-electron chi connectivity index (χ2n) is 6.03. The molecule has 0 saturated carbocycles. The summed E-state index contributed by atoms with van der Waals surface area (Å²) in [5, 5.41) is 3.16. The number of aromatic nitrogens is 1. The summed E-state index contributed by atoms with van der Waals surface area (Å²) in [5.74, 6) is -2.01. The molecular weight excluding hydrogens is 371 g/mol. The summed E-state index contributed by atoms with van der Waals surface area (Å²) in [5.41, 5.74) is 1.07. The van der Waals surface area contributed by atoms with E-state index in [2.05, 4.69) is 5.32 Å². The second kappa shape index (κ2) is 7.03. The van der Waals surface area contributed by atoms with Crippen molar-refractivity contribution in [3.63, 3.8) is 0 Å². The Morgan fingerprint density at radius 3 is 2.62 bits per heavy atom. The van der Waals surface area contributed by atoms with E-state index < -0.39 is 30.5 Å². The van der Waals surface area contributed by atoms with Gasteiger partial charge in [-0.15, -0.1) is 0 Å².